The number of hydrogen-bond acceptors (Lipinski definition) is 6. The second-order valence-corrected chi connectivity index (χ2v) is 10.7. The number of ether oxygens (including phenoxy) is 1. The Morgan fingerprint density at radius 3 is 2.74 bits per heavy atom. The van der Waals surface area contributed by atoms with E-state index in [9.17, 15) is 4.79 Å². The SMILES string of the molecule is CN(Cc1nc2c(N3CCN(C(=O)OC(C)(C)C)CC3)cccc2[nH]1)C1CCCc2cccnc21. The molecular weight excluding hydrogens is 440 g/mol. The van der Waals surface area contributed by atoms with Gasteiger partial charge in [-0.3, -0.25) is 9.88 Å². The Morgan fingerprint density at radius 1 is 1.17 bits per heavy atom. The third-order valence-electron chi connectivity index (χ3n) is 6.91. The van der Waals surface area contributed by atoms with E-state index >= 15 is 0 Å². The molecule has 186 valence electrons. The van der Waals surface area contributed by atoms with Crippen molar-refractivity contribution >= 4 is 22.8 Å². The highest BCUT2D eigenvalue weighted by Crippen LogP contribution is 2.33. The first-order chi connectivity index (χ1) is 16.8. The van der Waals surface area contributed by atoms with Gasteiger partial charge in [0, 0.05) is 32.4 Å². The Hall–Kier alpha value is -3.13. The number of para-hydroxylation sites is 1. The molecule has 1 fully saturated rings. The largest absolute Gasteiger partial charge is 0.444 e. The van der Waals surface area contributed by atoms with Crippen molar-refractivity contribution < 1.29 is 9.53 Å². The number of aromatic amines is 1. The van der Waals surface area contributed by atoms with Crippen molar-refractivity contribution in [1.82, 2.24) is 24.8 Å². The summed E-state index contributed by atoms with van der Waals surface area (Å²) in [4.78, 5) is 32.2. The van der Waals surface area contributed by atoms with Gasteiger partial charge in [0.25, 0.3) is 0 Å². The fourth-order valence-corrected chi connectivity index (χ4v) is 5.21. The van der Waals surface area contributed by atoms with Crippen molar-refractivity contribution in [1.29, 1.82) is 0 Å². The number of anilines is 1. The van der Waals surface area contributed by atoms with Gasteiger partial charge in [-0.15, -0.1) is 0 Å². The molecule has 1 saturated heterocycles. The number of fused-ring (bicyclic) bond motifs is 2. The van der Waals surface area contributed by atoms with Gasteiger partial charge in [-0.2, -0.15) is 0 Å². The number of amides is 1. The molecule has 5 rings (SSSR count). The molecule has 1 atom stereocenters. The van der Waals surface area contributed by atoms with Crippen molar-refractivity contribution in [3.63, 3.8) is 0 Å². The molecule has 3 aromatic rings. The van der Waals surface area contributed by atoms with E-state index in [1.54, 1.807) is 4.90 Å². The van der Waals surface area contributed by atoms with Crippen LogP contribution < -0.4 is 4.90 Å². The Kier molecular flexibility index (Phi) is 6.40. The number of H-pyrrole nitrogens is 1. The molecule has 1 aliphatic carbocycles. The summed E-state index contributed by atoms with van der Waals surface area (Å²) in [6.45, 7) is 9.23. The summed E-state index contributed by atoms with van der Waals surface area (Å²) >= 11 is 0. The highest BCUT2D eigenvalue weighted by atomic mass is 16.6. The number of nitrogens with zero attached hydrogens (tertiary/aromatic N) is 5. The molecule has 2 aromatic heterocycles. The minimum Gasteiger partial charge on any atom is -0.444 e. The lowest BCUT2D eigenvalue weighted by molar-refractivity contribution is 0.0240. The van der Waals surface area contributed by atoms with E-state index in [-0.39, 0.29) is 6.09 Å². The van der Waals surface area contributed by atoms with Crippen molar-refractivity contribution in [2.45, 2.75) is 58.2 Å². The summed E-state index contributed by atoms with van der Waals surface area (Å²) in [7, 11) is 2.17. The second-order valence-electron chi connectivity index (χ2n) is 10.7. The Labute approximate surface area is 207 Å². The molecule has 1 aromatic carbocycles. The molecule has 1 unspecified atom stereocenters. The first-order valence-corrected chi connectivity index (χ1v) is 12.6. The highest BCUT2D eigenvalue weighted by molar-refractivity contribution is 5.89. The second kappa shape index (κ2) is 9.49. The molecule has 1 amide bonds. The molecule has 8 heteroatoms. The average molecular weight is 477 g/mol. The Balaban J connectivity index is 1.29. The maximum atomic E-state index is 12.4. The van der Waals surface area contributed by atoms with E-state index in [4.69, 9.17) is 14.7 Å². The third kappa shape index (κ3) is 5.12. The van der Waals surface area contributed by atoms with E-state index in [0.29, 0.717) is 19.1 Å². The van der Waals surface area contributed by atoms with Crippen LogP contribution in [0.5, 0.6) is 0 Å². The van der Waals surface area contributed by atoms with Crippen molar-refractivity contribution in [2.24, 2.45) is 0 Å². The predicted molar refractivity (Wildman–Crippen MR) is 137 cm³/mol. The summed E-state index contributed by atoms with van der Waals surface area (Å²) in [5.74, 6) is 0.963. The van der Waals surface area contributed by atoms with Crippen molar-refractivity contribution in [2.75, 3.05) is 38.1 Å². The van der Waals surface area contributed by atoms with Crippen LogP contribution in [0, 0.1) is 0 Å². The molecule has 2 aliphatic rings. The molecule has 3 heterocycles. The summed E-state index contributed by atoms with van der Waals surface area (Å²) in [6.07, 6.45) is 5.09. The van der Waals surface area contributed by atoms with Gasteiger partial charge in [0.1, 0.15) is 16.9 Å². The zero-order chi connectivity index (χ0) is 24.6. The van der Waals surface area contributed by atoms with Gasteiger partial charge >= 0.3 is 6.09 Å². The summed E-state index contributed by atoms with van der Waals surface area (Å²) in [6, 6.07) is 10.8. The normalized spacial score (nSPS) is 18.7. The predicted octanol–water partition coefficient (Wildman–Crippen LogP) is 4.52. The van der Waals surface area contributed by atoms with Gasteiger partial charge in [0.15, 0.2) is 0 Å². The molecule has 0 spiro atoms. The number of hydrogen-bond donors (Lipinski definition) is 1. The molecule has 35 heavy (non-hydrogen) atoms. The van der Waals surface area contributed by atoms with Crippen LogP contribution in [0.3, 0.4) is 0 Å². The van der Waals surface area contributed by atoms with Gasteiger partial charge in [-0.25, -0.2) is 9.78 Å². The minimum absolute atomic E-state index is 0.237. The zero-order valence-electron chi connectivity index (χ0n) is 21.3. The first-order valence-electron chi connectivity index (χ1n) is 12.6. The van der Waals surface area contributed by atoms with Crippen LogP contribution in [-0.2, 0) is 17.7 Å². The lowest BCUT2D eigenvalue weighted by Crippen LogP contribution is -2.50. The van der Waals surface area contributed by atoms with Crippen LogP contribution >= 0.6 is 0 Å². The third-order valence-corrected chi connectivity index (χ3v) is 6.91. The number of piperazine rings is 1. The van der Waals surface area contributed by atoms with Crippen LogP contribution in [0.4, 0.5) is 10.5 Å². The van der Waals surface area contributed by atoms with Crippen LogP contribution in [0.1, 0.15) is 56.7 Å². The topological polar surface area (TPSA) is 77.6 Å². The number of rotatable bonds is 4. The first kappa shape index (κ1) is 23.6. The highest BCUT2D eigenvalue weighted by Gasteiger charge is 2.28. The molecule has 1 aliphatic heterocycles. The average Bonchev–Trinajstić information content (AvgIpc) is 3.25. The zero-order valence-corrected chi connectivity index (χ0v) is 21.3. The monoisotopic (exact) mass is 476 g/mol. The van der Waals surface area contributed by atoms with E-state index in [1.165, 1.54) is 17.7 Å². The van der Waals surface area contributed by atoms with Crippen LogP contribution in [0.25, 0.3) is 11.0 Å². The molecule has 0 bridgehead atoms. The van der Waals surface area contributed by atoms with Crippen LogP contribution in [-0.4, -0.2) is 69.7 Å². The van der Waals surface area contributed by atoms with Crippen LogP contribution in [0.15, 0.2) is 36.5 Å². The number of benzene rings is 1. The van der Waals surface area contributed by atoms with E-state index < -0.39 is 5.60 Å². The summed E-state index contributed by atoms with van der Waals surface area (Å²) in [5.41, 5.74) is 5.25. The van der Waals surface area contributed by atoms with Crippen molar-refractivity contribution in [3.05, 3.63) is 53.6 Å². The lowest BCUT2D eigenvalue weighted by atomic mass is 9.91. The summed E-state index contributed by atoms with van der Waals surface area (Å²) < 4.78 is 5.54. The number of aromatic nitrogens is 3. The molecule has 0 radical (unpaired) electrons. The van der Waals surface area contributed by atoms with E-state index in [2.05, 4.69) is 46.1 Å². The van der Waals surface area contributed by atoms with Crippen molar-refractivity contribution in [3.8, 4) is 0 Å². The summed E-state index contributed by atoms with van der Waals surface area (Å²) in [5, 5.41) is 0. The number of carbonyl (C=O) groups is 1. The van der Waals surface area contributed by atoms with Crippen LogP contribution in [0.2, 0.25) is 0 Å². The number of nitrogens with one attached hydrogen (secondary N) is 1. The molecule has 1 N–H and O–H groups in total. The van der Waals surface area contributed by atoms with Gasteiger partial charge < -0.3 is 19.5 Å². The maximum Gasteiger partial charge on any atom is 0.410 e. The van der Waals surface area contributed by atoms with Gasteiger partial charge in [-0.1, -0.05) is 12.1 Å². The van der Waals surface area contributed by atoms with E-state index in [0.717, 1.165) is 55.0 Å². The minimum atomic E-state index is -0.478. The Bertz CT molecular complexity index is 1190. The van der Waals surface area contributed by atoms with Gasteiger partial charge in [0.2, 0.25) is 0 Å². The smallest absolute Gasteiger partial charge is 0.410 e. The standard InChI is InChI=1S/C27H36N6O2/c1-27(2,3)35-26(34)33-16-14-32(15-17-33)22-12-6-10-20-25(22)30-23(29-20)18-31(4)21-11-5-8-19-9-7-13-28-24(19)21/h6-7,9-10,12-13,21H,5,8,11,14-18H2,1-4H3,(H,29,30). The number of aryl methyl sites for hydroxylation is 1. The quantitative estimate of drug-likeness (QED) is 0.596. The number of carbonyl (C=O) groups excluding carboxylic acids is 1. The fraction of sp³-hybridized carbons (Fsp3) is 0.519. The molecule has 8 nitrogen and oxygen atoms in total. The van der Waals surface area contributed by atoms with Gasteiger partial charge in [0.05, 0.1) is 29.5 Å². The maximum absolute atomic E-state index is 12.4. The van der Waals surface area contributed by atoms with Gasteiger partial charge in [-0.05, 0) is 70.8 Å². The number of pyridine rings is 1. The molecular formula is C27H36N6O2. The molecule has 0 saturated carbocycles. The fourth-order valence-electron chi connectivity index (χ4n) is 5.21. The number of imidazole rings is 1. The lowest BCUT2D eigenvalue weighted by Gasteiger charge is -2.36. The Morgan fingerprint density at radius 2 is 1.97 bits per heavy atom. The van der Waals surface area contributed by atoms with E-state index in [1.807, 2.05) is 33.0 Å².